The molecule has 8 nitrogen and oxygen atoms in total. The molecule has 0 saturated heterocycles. The Morgan fingerprint density at radius 3 is 3.10 bits per heavy atom. The Hall–Kier alpha value is -2.87. The van der Waals surface area contributed by atoms with Gasteiger partial charge in [0.05, 0.1) is 0 Å². The molecule has 0 bridgehead atoms. The average Bonchev–Trinajstić information content (AvgIpc) is 2.87. The third-order valence-electron chi connectivity index (χ3n) is 2.77. The van der Waals surface area contributed by atoms with E-state index in [1.54, 1.807) is 12.1 Å². The smallest absolute Gasteiger partial charge is 0.364 e. The van der Waals surface area contributed by atoms with Crippen molar-refractivity contribution < 1.29 is 4.74 Å². The topological polar surface area (TPSA) is 110 Å². The number of hydrogen-bond acceptors (Lipinski definition) is 6. The van der Waals surface area contributed by atoms with E-state index in [1.165, 1.54) is 4.52 Å². The van der Waals surface area contributed by atoms with E-state index in [0.717, 1.165) is 5.69 Å². The van der Waals surface area contributed by atoms with Crippen LogP contribution in [0.15, 0.2) is 41.2 Å². The summed E-state index contributed by atoms with van der Waals surface area (Å²) in [6.07, 6.45) is 0. The first kappa shape index (κ1) is 13.1. The maximum Gasteiger partial charge on any atom is 0.364 e. The predicted molar refractivity (Wildman–Crippen MR) is 77.9 cm³/mol. The van der Waals surface area contributed by atoms with Crippen molar-refractivity contribution in [2.75, 3.05) is 18.5 Å². The molecule has 0 aliphatic rings. The van der Waals surface area contributed by atoms with E-state index < -0.39 is 0 Å². The molecule has 0 atom stereocenters. The van der Waals surface area contributed by atoms with Crippen LogP contribution in [0.3, 0.4) is 0 Å². The van der Waals surface area contributed by atoms with Crippen LogP contribution in [0.1, 0.15) is 0 Å². The lowest BCUT2D eigenvalue weighted by atomic mass is 10.3. The van der Waals surface area contributed by atoms with Gasteiger partial charge in [-0.25, -0.2) is 9.89 Å². The third-order valence-corrected chi connectivity index (χ3v) is 2.77. The SMILES string of the molecule is NCCOc1cccc(Nc2ccc3n[nH]c(=O)n3n2)c1. The molecule has 8 heteroatoms. The Morgan fingerprint density at radius 1 is 1.33 bits per heavy atom. The number of rotatable bonds is 5. The number of hydrogen-bond donors (Lipinski definition) is 3. The molecule has 4 N–H and O–H groups in total. The summed E-state index contributed by atoms with van der Waals surface area (Å²) < 4.78 is 6.65. The second-order valence-corrected chi connectivity index (χ2v) is 4.31. The van der Waals surface area contributed by atoms with Gasteiger partial charge in [-0.15, -0.1) is 5.10 Å². The highest BCUT2D eigenvalue weighted by Crippen LogP contribution is 2.20. The summed E-state index contributed by atoms with van der Waals surface area (Å²) in [6, 6.07) is 10.8. The van der Waals surface area contributed by atoms with Gasteiger partial charge in [-0.1, -0.05) is 6.07 Å². The summed E-state index contributed by atoms with van der Waals surface area (Å²) in [6.45, 7) is 0.914. The van der Waals surface area contributed by atoms with Crippen molar-refractivity contribution in [2.45, 2.75) is 0 Å². The molecule has 0 unspecified atom stereocenters. The van der Waals surface area contributed by atoms with E-state index in [0.29, 0.717) is 30.4 Å². The maximum absolute atomic E-state index is 11.5. The molecule has 0 saturated carbocycles. The molecule has 1 aromatic carbocycles. The summed E-state index contributed by atoms with van der Waals surface area (Å²) in [7, 11) is 0. The van der Waals surface area contributed by atoms with Crippen LogP contribution < -0.4 is 21.5 Å². The minimum atomic E-state index is -0.381. The first-order chi connectivity index (χ1) is 10.3. The normalized spacial score (nSPS) is 10.7. The van der Waals surface area contributed by atoms with Gasteiger partial charge in [-0.3, -0.25) is 0 Å². The highest BCUT2D eigenvalue weighted by Gasteiger charge is 2.03. The van der Waals surface area contributed by atoms with Gasteiger partial charge in [0.15, 0.2) is 11.5 Å². The van der Waals surface area contributed by atoms with E-state index in [-0.39, 0.29) is 5.69 Å². The van der Waals surface area contributed by atoms with E-state index >= 15 is 0 Å². The molecular weight excluding hydrogens is 272 g/mol. The van der Waals surface area contributed by atoms with Crippen molar-refractivity contribution >= 4 is 17.2 Å². The number of anilines is 2. The molecule has 0 spiro atoms. The van der Waals surface area contributed by atoms with Crippen LogP contribution in [0.4, 0.5) is 11.5 Å². The predicted octanol–water partition coefficient (Wildman–Crippen LogP) is 0.499. The van der Waals surface area contributed by atoms with E-state index in [9.17, 15) is 4.79 Å². The minimum absolute atomic E-state index is 0.381. The Labute approximate surface area is 119 Å². The molecule has 0 radical (unpaired) electrons. The van der Waals surface area contributed by atoms with Crippen LogP contribution in [0, 0.1) is 0 Å². The number of nitrogens with one attached hydrogen (secondary N) is 2. The van der Waals surface area contributed by atoms with Crippen molar-refractivity contribution in [1.82, 2.24) is 19.8 Å². The monoisotopic (exact) mass is 286 g/mol. The lowest BCUT2D eigenvalue weighted by Crippen LogP contribution is -2.13. The summed E-state index contributed by atoms with van der Waals surface area (Å²) in [4.78, 5) is 11.5. The lowest BCUT2D eigenvalue weighted by Gasteiger charge is -2.08. The van der Waals surface area contributed by atoms with Gasteiger partial charge in [-0.05, 0) is 24.3 Å². The molecule has 2 heterocycles. The Balaban J connectivity index is 1.84. The van der Waals surface area contributed by atoms with Crippen LogP contribution in [0.2, 0.25) is 0 Å². The molecule has 3 aromatic rings. The Kier molecular flexibility index (Phi) is 3.52. The molecule has 3 rings (SSSR count). The van der Waals surface area contributed by atoms with Gasteiger partial charge in [0.2, 0.25) is 0 Å². The van der Waals surface area contributed by atoms with Crippen LogP contribution in [0.5, 0.6) is 5.75 Å². The molecule has 0 aliphatic heterocycles. The molecule has 0 fully saturated rings. The molecule has 108 valence electrons. The van der Waals surface area contributed by atoms with Gasteiger partial charge < -0.3 is 15.8 Å². The van der Waals surface area contributed by atoms with Gasteiger partial charge in [0.25, 0.3) is 0 Å². The third kappa shape index (κ3) is 2.84. The lowest BCUT2D eigenvalue weighted by molar-refractivity contribution is 0.328. The Bertz CT molecular complexity index is 810. The molecule has 0 amide bonds. The summed E-state index contributed by atoms with van der Waals surface area (Å²) in [5.41, 5.74) is 6.28. The number of H-pyrrole nitrogens is 1. The number of fused-ring (bicyclic) bond motifs is 1. The fourth-order valence-corrected chi connectivity index (χ4v) is 1.86. The maximum atomic E-state index is 11.5. The Morgan fingerprint density at radius 2 is 2.24 bits per heavy atom. The second-order valence-electron chi connectivity index (χ2n) is 4.31. The molecule has 21 heavy (non-hydrogen) atoms. The van der Waals surface area contributed by atoms with Gasteiger partial charge in [0.1, 0.15) is 12.4 Å². The fraction of sp³-hybridized carbons (Fsp3) is 0.154. The van der Waals surface area contributed by atoms with Gasteiger partial charge in [0, 0.05) is 18.3 Å². The number of nitrogens with two attached hydrogens (primary N) is 1. The zero-order valence-electron chi connectivity index (χ0n) is 11.1. The standard InChI is InChI=1S/C13H14N6O2/c14-6-7-21-10-3-1-2-9(8-10)15-11-4-5-12-16-17-13(20)19(12)18-11/h1-5,8H,6-7,14H2,(H,15,18)(H,17,20). The summed E-state index contributed by atoms with van der Waals surface area (Å²) in [5.74, 6) is 1.24. The average molecular weight is 286 g/mol. The van der Waals surface area contributed by atoms with Crippen molar-refractivity contribution in [3.63, 3.8) is 0 Å². The van der Waals surface area contributed by atoms with Gasteiger partial charge in [-0.2, -0.15) is 9.61 Å². The van der Waals surface area contributed by atoms with Gasteiger partial charge >= 0.3 is 5.69 Å². The van der Waals surface area contributed by atoms with Crippen LogP contribution in [0.25, 0.3) is 5.65 Å². The highest BCUT2D eigenvalue weighted by atomic mass is 16.5. The summed E-state index contributed by atoms with van der Waals surface area (Å²) >= 11 is 0. The van der Waals surface area contributed by atoms with E-state index in [2.05, 4.69) is 20.6 Å². The van der Waals surface area contributed by atoms with Crippen molar-refractivity contribution in [1.29, 1.82) is 0 Å². The number of ether oxygens (including phenoxy) is 1. The number of nitrogens with zero attached hydrogens (tertiary/aromatic N) is 3. The molecule has 0 aliphatic carbocycles. The zero-order valence-corrected chi connectivity index (χ0v) is 11.1. The fourth-order valence-electron chi connectivity index (χ4n) is 1.86. The van der Waals surface area contributed by atoms with Crippen LogP contribution in [-0.2, 0) is 0 Å². The van der Waals surface area contributed by atoms with Crippen molar-refractivity contribution in [3.05, 3.63) is 46.9 Å². The number of aromatic amines is 1. The minimum Gasteiger partial charge on any atom is -0.492 e. The molecule has 2 aromatic heterocycles. The first-order valence-electron chi connectivity index (χ1n) is 6.41. The number of benzene rings is 1. The summed E-state index contributed by atoms with van der Waals surface area (Å²) in [5, 5.41) is 13.4. The van der Waals surface area contributed by atoms with E-state index in [4.69, 9.17) is 10.5 Å². The van der Waals surface area contributed by atoms with Crippen LogP contribution >= 0.6 is 0 Å². The first-order valence-corrected chi connectivity index (χ1v) is 6.41. The van der Waals surface area contributed by atoms with Crippen LogP contribution in [-0.4, -0.2) is 33.0 Å². The molecular formula is C13H14N6O2. The highest BCUT2D eigenvalue weighted by molar-refractivity contribution is 5.58. The largest absolute Gasteiger partial charge is 0.492 e. The van der Waals surface area contributed by atoms with Crippen molar-refractivity contribution in [2.24, 2.45) is 5.73 Å². The number of aromatic nitrogens is 4. The quantitative estimate of drug-likeness (QED) is 0.630. The van der Waals surface area contributed by atoms with Crippen molar-refractivity contribution in [3.8, 4) is 5.75 Å². The van der Waals surface area contributed by atoms with E-state index in [1.807, 2.05) is 24.3 Å². The second kappa shape index (κ2) is 5.63. The zero-order chi connectivity index (χ0) is 14.7.